The van der Waals surface area contributed by atoms with Crippen LogP contribution in [0.4, 0.5) is 0 Å². The molecule has 0 unspecified atom stereocenters. The Labute approximate surface area is 87.6 Å². The van der Waals surface area contributed by atoms with E-state index in [4.69, 9.17) is 0 Å². The zero-order valence-electron chi connectivity index (χ0n) is 8.32. The molecule has 2 rings (SSSR count). The molecule has 0 N–H and O–H groups in total. The van der Waals surface area contributed by atoms with Crippen LogP contribution < -0.4 is 0 Å². The first-order chi connectivity index (χ1) is 6.75. The smallest absolute Gasteiger partial charge is 0.121 e. The van der Waals surface area contributed by atoms with Crippen LogP contribution in [0, 0.1) is 13.8 Å². The van der Waals surface area contributed by atoms with E-state index in [1.54, 1.807) is 11.3 Å². The van der Waals surface area contributed by atoms with E-state index in [1.807, 2.05) is 6.92 Å². The number of hydrogen-bond donors (Lipinski definition) is 0. The molecule has 72 valence electrons. The highest BCUT2D eigenvalue weighted by Crippen LogP contribution is 2.16. The third-order valence-corrected chi connectivity index (χ3v) is 3.01. The molecule has 0 saturated carbocycles. The van der Waals surface area contributed by atoms with E-state index in [-0.39, 0.29) is 0 Å². The van der Waals surface area contributed by atoms with Gasteiger partial charge in [-0.25, -0.2) is 0 Å². The van der Waals surface area contributed by atoms with Crippen LogP contribution in [0.5, 0.6) is 0 Å². The first kappa shape index (κ1) is 9.34. The molecular weight excluding hydrogens is 192 g/mol. The summed E-state index contributed by atoms with van der Waals surface area (Å²) >= 11 is 1.67. The van der Waals surface area contributed by atoms with Crippen LogP contribution in [0.1, 0.15) is 21.1 Å². The number of rotatable bonds is 2. The molecule has 0 aliphatic rings. The van der Waals surface area contributed by atoms with E-state index >= 15 is 0 Å². The summed E-state index contributed by atoms with van der Waals surface area (Å²) in [6.07, 6.45) is 0.901. The van der Waals surface area contributed by atoms with Gasteiger partial charge in [0.2, 0.25) is 0 Å². The molecule has 0 aliphatic heterocycles. The van der Waals surface area contributed by atoms with Gasteiger partial charge < -0.3 is 0 Å². The summed E-state index contributed by atoms with van der Waals surface area (Å²) in [5.74, 6) is 0. The highest BCUT2D eigenvalue weighted by molar-refractivity contribution is 7.11. The SMILES string of the molecule is Cc1nnc(Cc2ccccc2C)s1. The number of nitrogens with zero attached hydrogens (tertiary/aromatic N) is 2. The van der Waals surface area contributed by atoms with Gasteiger partial charge in [0.15, 0.2) is 0 Å². The molecule has 0 aliphatic carbocycles. The maximum absolute atomic E-state index is 4.12. The van der Waals surface area contributed by atoms with Gasteiger partial charge in [0.05, 0.1) is 0 Å². The number of hydrogen-bond acceptors (Lipinski definition) is 3. The molecule has 0 radical (unpaired) electrons. The molecule has 14 heavy (non-hydrogen) atoms. The normalized spacial score (nSPS) is 10.4. The van der Waals surface area contributed by atoms with E-state index in [1.165, 1.54) is 11.1 Å². The van der Waals surface area contributed by atoms with Crippen LogP contribution in [0.15, 0.2) is 24.3 Å². The second-order valence-electron chi connectivity index (χ2n) is 3.32. The van der Waals surface area contributed by atoms with Crippen molar-refractivity contribution in [1.29, 1.82) is 0 Å². The number of aromatic nitrogens is 2. The second kappa shape index (κ2) is 3.88. The third-order valence-electron chi connectivity index (χ3n) is 2.17. The average molecular weight is 204 g/mol. The van der Waals surface area contributed by atoms with Crippen molar-refractivity contribution in [2.45, 2.75) is 20.3 Å². The molecule has 3 heteroatoms. The maximum atomic E-state index is 4.12. The lowest BCUT2D eigenvalue weighted by Gasteiger charge is -2.01. The minimum Gasteiger partial charge on any atom is -0.144 e. The minimum atomic E-state index is 0.901. The van der Waals surface area contributed by atoms with Gasteiger partial charge in [-0.2, -0.15) is 0 Å². The summed E-state index contributed by atoms with van der Waals surface area (Å²) in [7, 11) is 0. The Hall–Kier alpha value is -1.22. The van der Waals surface area contributed by atoms with Crippen LogP contribution in [-0.2, 0) is 6.42 Å². The Morgan fingerprint density at radius 3 is 2.57 bits per heavy atom. The standard InChI is InChI=1S/C11H12N2S/c1-8-5-3-4-6-10(8)7-11-13-12-9(2)14-11/h3-6H,7H2,1-2H3. The highest BCUT2D eigenvalue weighted by Gasteiger charge is 2.03. The fourth-order valence-electron chi connectivity index (χ4n) is 1.38. The van der Waals surface area contributed by atoms with Crippen molar-refractivity contribution in [2.24, 2.45) is 0 Å². The average Bonchev–Trinajstić information content (AvgIpc) is 2.56. The van der Waals surface area contributed by atoms with Crippen LogP contribution in [0.2, 0.25) is 0 Å². The zero-order valence-corrected chi connectivity index (χ0v) is 9.14. The van der Waals surface area contributed by atoms with Crippen molar-refractivity contribution in [3.05, 3.63) is 45.4 Å². The molecule has 0 spiro atoms. The van der Waals surface area contributed by atoms with Gasteiger partial charge in [0, 0.05) is 6.42 Å². The molecular formula is C11H12N2S. The Bertz CT molecular complexity index is 434. The molecule has 1 aromatic heterocycles. The first-order valence-corrected chi connectivity index (χ1v) is 5.41. The van der Waals surface area contributed by atoms with E-state index in [0.717, 1.165) is 16.4 Å². The predicted octanol–water partition coefficient (Wildman–Crippen LogP) is 2.75. The van der Waals surface area contributed by atoms with Crippen molar-refractivity contribution in [1.82, 2.24) is 10.2 Å². The van der Waals surface area contributed by atoms with Crippen molar-refractivity contribution in [3.8, 4) is 0 Å². The van der Waals surface area contributed by atoms with Crippen LogP contribution in [0.3, 0.4) is 0 Å². The highest BCUT2D eigenvalue weighted by atomic mass is 32.1. The molecule has 1 aromatic carbocycles. The predicted molar refractivity (Wildman–Crippen MR) is 58.6 cm³/mol. The van der Waals surface area contributed by atoms with Crippen LogP contribution in [-0.4, -0.2) is 10.2 Å². The summed E-state index contributed by atoms with van der Waals surface area (Å²) in [5.41, 5.74) is 2.66. The van der Waals surface area contributed by atoms with Gasteiger partial charge in [-0.1, -0.05) is 24.3 Å². The van der Waals surface area contributed by atoms with E-state index in [2.05, 4.69) is 41.4 Å². The van der Waals surface area contributed by atoms with Crippen molar-refractivity contribution in [3.63, 3.8) is 0 Å². The second-order valence-corrected chi connectivity index (χ2v) is 4.58. The van der Waals surface area contributed by atoms with Gasteiger partial charge in [-0.3, -0.25) is 0 Å². The molecule has 1 heterocycles. The largest absolute Gasteiger partial charge is 0.144 e. The lowest BCUT2D eigenvalue weighted by atomic mass is 10.1. The molecule has 0 amide bonds. The van der Waals surface area contributed by atoms with Gasteiger partial charge in [0.1, 0.15) is 10.0 Å². The molecule has 0 saturated heterocycles. The van der Waals surface area contributed by atoms with E-state index < -0.39 is 0 Å². The van der Waals surface area contributed by atoms with Crippen LogP contribution >= 0.6 is 11.3 Å². The van der Waals surface area contributed by atoms with Crippen molar-refractivity contribution >= 4 is 11.3 Å². The first-order valence-electron chi connectivity index (χ1n) is 4.59. The molecule has 2 aromatic rings. The van der Waals surface area contributed by atoms with Gasteiger partial charge in [-0.15, -0.1) is 21.5 Å². The van der Waals surface area contributed by atoms with Crippen molar-refractivity contribution < 1.29 is 0 Å². The molecule has 0 fully saturated rings. The summed E-state index contributed by atoms with van der Waals surface area (Å²) in [4.78, 5) is 0. The summed E-state index contributed by atoms with van der Waals surface area (Å²) < 4.78 is 0. The van der Waals surface area contributed by atoms with E-state index in [0.29, 0.717) is 0 Å². The number of aryl methyl sites for hydroxylation is 2. The maximum Gasteiger partial charge on any atom is 0.121 e. The Balaban J connectivity index is 2.23. The fourth-order valence-corrected chi connectivity index (χ4v) is 2.11. The van der Waals surface area contributed by atoms with Crippen LogP contribution in [0.25, 0.3) is 0 Å². The summed E-state index contributed by atoms with van der Waals surface area (Å²) in [5, 5.41) is 10.3. The monoisotopic (exact) mass is 204 g/mol. The topological polar surface area (TPSA) is 25.8 Å². The Morgan fingerprint density at radius 2 is 1.93 bits per heavy atom. The van der Waals surface area contributed by atoms with E-state index in [9.17, 15) is 0 Å². The zero-order chi connectivity index (χ0) is 9.97. The minimum absolute atomic E-state index is 0.901. The fraction of sp³-hybridized carbons (Fsp3) is 0.273. The molecule has 0 bridgehead atoms. The quantitative estimate of drug-likeness (QED) is 0.751. The third kappa shape index (κ3) is 1.99. The summed E-state index contributed by atoms with van der Waals surface area (Å²) in [6, 6.07) is 8.40. The van der Waals surface area contributed by atoms with Crippen molar-refractivity contribution in [2.75, 3.05) is 0 Å². The van der Waals surface area contributed by atoms with Gasteiger partial charge >= 0.3 is 0 Å². The lowest BCUT2D eigenvalue weighted by molar-refractivity contribution is 0.977. The van der Waals surface area contributed by atoms with Gasteiger partial charge in [-0.05, 0) is 25.0 Å². The number of benzene rings is 1. The summed E-state index contributed by atoms with van der Waals surface area (Å²) in [6.45, 7) is 4.11. The molecule has 2 nitrogen and oxygen atoms in total. The molecule has 0 atom stereocenters. The Kier molecular flexibility index (Phi) is 2.59. The lowest BCUT2D eigenvalue weighted by Crippen LogP contribution is -1.90. The Morgan fingerprint density at radius 1 is 1.14 bits per heavy atom. The van der Waals surface area contributed by atoms with Gasteiger partial charge in [0.25, 0.3) is 0 Å².